The largest absolute Gasteiger partial charge is 0.479 e. The molecule has 23 heavy (non-hydrogen) atoms. The molecule has 134 valence electrons. The van der Waals surface area contributed by atoms with E-state index >= 15 is 0 Å². The number of carboxylic acid groups (broad SMARTS) is 1. The average Bonchev–Trinajstić information content (AvgIpc) is 2.43. The van der Waals surface area contributed by atoms with Gasteiger partial charge in [0, 0.05) is 6.54 Å². The van der Waals surface area contributed by atoms with Gasteiger partial charge in [0.05, 0.1) is 0 Å². The van der Waals surface area contributed by atoms with Crippen LogP contribution in [0.2, 0.25) is 0 Å². The number of nitrogens with one attached hydrogen (secondary N) is 2. The van der Waals surface area contributed by atoms with Crippen LogP contribution in [-0.4, -0.2) is 57.9 Å². The molecule has 1 unspecified atom stereocenters. The number of aliphatic hydroxyl groups excluding tert-OH is 2. The molecule has 0 saturated carbocycles. The Bertz CT molecular complexity index is 411. The molecule has 0 heterocycles. The van der Waals surface area contributed by atoms with Crippen LogP contribution in [-0.2, 0) is 14.4 Å². The second kappa shape index (κ2) is 10.2. The number of aliphatic hydroxyl groups is 2. The van der Waals surface area contributed by atoms with Crippen LogP contribution in [0.4, 0.5) is 0 Å². The van der Waals surface area contributed by atoms with E-state index in [0.29, 0.717) is 18.9 Å². The number of amides is 2. The van der Waals surface area contributed by atoms with Gasteiger partial charge in [0.25, 0.3) is 5.91 Å². The van der Waals surface area contributed by atoms with Crippen molar-refractivity contribution in [3.63, 3.8) is 0 Å². The fraction of sp³-hybridized carbons (Fsp3) is 0.800. The molecule has 0 aliphatic rings. The highest BCUT2D eigenvalue weighted by atomic mass is 16.4. The highest BCUT2D eigenvalue weighted by molar-refractivity contribution is 5.92. The number of hydrogen-bond donors (Lipinski definition) is 5. The molecular formula is C15H28N2O6. The Morgan fingerprint density at radius 2 is 1.48 bits per heavy atom. The molecule has 3 atom stereocenters. The number of rotatable bonds is 10. The normalized spacial score (nSPS) is 15.1. The van der Waals surface area contributed by atoms with Crippen LogP contribution in [0.3, 0.4) is 0 Å². The number of carboxylic acids is 1. The molecule has 0 saturated heterocycles. The van der Waals surface area contributed by atoms with Gasteiger partial charge >= 0.3 is 5.97 Å². The maximum atomic E-state index is 12.1. The van der Waals surface area contributed by atoms with Crippen LogP contribution >= 0.6 is 0 Å². The molecule has 0 rings (SSSR count). The van der Waals surface area contributed by atoms with Gasteiger partial charge in [-0.05, 0) is 24.7 Å². The first-order chi connectivity index (χ1) is 10.6. The van der Waals surface area contributed by atoms with Crippen molar-refractivity contribution in [2.24, 2.45) is 11.8 Å². The summed E-state index contributed by atoms with van der Waals surface area (Å²) in [7, 11) is 0. The Kier molecular flexibility index (Phi) is 9.43. The van der Waals surface area contributed by atoms with Gasteiger partial charge in [-0.25, -0.2) is 4.79 Å². The van der Waals surface area contributed by atoms with E-state index in [1.807, 2.05) is 27.7 Å². The van der Waals surface area contributed by atoms with Gasteiger partial charge < -0.3 is 26.0 Å². The first kappa shape index (κ1) is 21.3. The maximum Gasteiger partial charge on any atom is 0.335 e. The lowest BCUT2D eigenvalue weighted by atomic mass is 10.0. The zero-order valence-electron chi connectivity index (χ0n) is 14.1. The van der Waals surface area contributed by atoms with Crippen molar-refractivity contribution in [3.05, 3.63) is 0 Å². The van der Waals surface area contributed by atoms with Crippen molar-refractivity contribution in [2.75, 3.05) is 6.54 Å². The summed E-state index contributed by atoms with van der Waals surface area (Å²) in [5.74, 6) is -2.69. The Hall–Kier alpha value is -1.67. The van der Waals surface area contributed by atoms with Crippen LogP contribution in [0, 0.1) is 11.8 Å². The minimum absolute atomic E-state index is 0.0951. The number of carbonyl (C=O) groups excluding carboxylic acids is 2. The predicted octanol–water partition coefficient (Wildman–Crippen LogP) is -0.514. The van der Waals surface area contributed by atoms with Gasteiger partial charge in [0.15, 0.2) is 12.2 Å². The summed E-state index contributed by atoms with van der Waals surface area (Å²) < 4.78 is 0. The number of hydrogen-bond acceptors (Lipinski definition) is 5. The first-order valence-electron chi connectivity index (χ1n) is 7.73. The van der Waals surface area contributed by atoms with Crippen molar-refractivity contribution >= 4 is 17.8 Å². The summed E-state index contributed by atoms with van der Waals surface area (Å²) in [6, 6.07) is -0.898. The zero-order valence-corrected chi connectivity index (χ0v) is 14.1. The first-order valence-corrected chi connectivity index (χ1v) is 7.73. The van der Waals surface area contributed by atoms with Crippen LogP contribution in [0.15, 0.2) is 0 Å². The number of carbonyl (C=O) groups is 3. The Balaban J connectivity index is 4.74. The molecule has 5 N–H and O–H groups in total. The van der Waals surface area contributed by atoms with Gasteiger partial charge in [0.2, 0.25) is 5.91 Å². The standard InChI is InChI=1S/C15H28N2O6/c1-8(2)5-6-16-13(20)10(7-9(3)4)17-14(21)11(18)12(19)15(22)23/h8-12,18-19H,5-7H2,1-4H3,(H,16,20)(H,17,21)(H,22,23)/t10?,11-,12-/m0/s1. The highest BCUT2D eigenvalue weighted by Crippen LogP contribution is 2.07. The molecule has 0 fully saturated rings. The summed E-state index contributed by atoms with van der Waals surface area (Å²) >= 11 is 0. The summed E-state index contributed by atoms with van der Waals surface area (Å²) in [5, 5.41) is 32.3. The lowest BCUT2D eigenvalue weighted by Gasteiger charge is -2.22. The summed E-state index contributed by atoms with van der Waals surface area (Å²) in [5.41, 5.74) is 0. The SMILES string of the molecule is CC(C)CCNC(=O)C(CC(C)C)NC(=O)[C@@H](O)[C@H](O)C(=O)O. The molecule has 8 heteroatoms. The van der Waals surface area contributed by atoms with Crippen molar-refractivity contribution in [1.82, 2.24) is 10.6 Å². The molecule has 0 spiro atoms. The molecule has 0 bridgehead atoms. The topological polar surface area (TPSA) is 136 Å². The molecule has 8 nitrogen and oxygen atoms in total. The third-order valence-electron chi connectivity index (χ3n) is 3.18. The zero-order chi connectivity index (χ0) is 18.2. The predicted molar refractivity (Wildman–Crippen MR) is 83.5 cm³/mol. The maximum absolute atomic E-state index is 12.1. The summed E-state index contributed by atoms with van der Waals surface area (Å²) in [4.78, 5) is 34.5. The van der Waals surface area contributed by atoms with Crippen LogP contribution in [0.5, 0.6) is 0 Å². The fourth-order valence-electron chi connectivity index (χ4n) is 1.85. The molecule has 0 radical (unpaired) electrons. The van der Waals surface area contributed by atoms with Gasteiger partial charge in [-0.1, -0.05) is 27.7 Å². The van der Waals surface area contributed by atoms with Gasteiger partial charge in [-0.15, -0.1) is 0 Å². The van der Waals surface area contributed by atoms with Crippen LogP contribution in [0.25, 0.3) is 0 Å². The third-order valence-corrected chi connectivity index (χ3v) is 3.18. The lowest BCUT2D eigenvalue weighted by Crippen LogP contribution is -2.53. The molecule has 0 aromatic rings. The van der Waals surface area contributed by atoms with Gasteiger partial charge in [-0.2, -0.15) is 0 Å². The van der Waals surface area contributed by atoms with E-state index < -0.39 is 36.0 Å². The van der Waals surface area contributed by atoms with Gasteiger partial charge in [0.1, 0.15) is 6.04 Å². The van der Waals surface area contributed by atoms with E-state index in [1.165, 1.54) is 0 Å². The smallest absolute Gasteiger partial charge is 0.335 e. The third kappa shape index (κ3) is 8.51. The van der Waals surface area contributed by atoms with Crippen LogP contribution < -0.4 is 10.6 Å². The second-order valence-corrected chi connectivity index (χ2v) is 6.39. The minimum atomic E-state index is -2.24. The lowest BCUT2D eigenvalue weighted by molar-refractivity contribution is -0.158. The van der Waals surface area contributed by atoms with E-state index in [9.17, 15) is 24.6 Å². The van der Waals surface area contributed by atoms with E-state index in [2.05, 4.69) is 10.6 Å². The van der Waals surface area contributed by atoms with Crippen molar-refractivity contribution in [1.29, 1.82) is 0 Å². The molecule has 0 aromatic heterocycles. The Morgan fingerprint density at radius 1 is 0.913 bits per heavy atom. The molecule has 2 amide bonds. The van der Waals surface area contributed by atoms with E-state index in [-0.39, 0.29) is 5.92 Å². The summed E-state index contributed by atoms with van der Waals surface area (Å²) in [6.07, 6.45) is -3.26. The summed E-state index contributed by atoms with van der Waals surface area (Å²) in [6.45, 7) is 8.22. The monoisotopic (exact) mass is 332 g/mol. The van der Waals surface area contributed by atoms with Gasteiger partial charge in [-0.3, -0.25) is 9.59 Å². The molecule has 0 aromatic carbocycles. The number of aliphatic carboxylic acids is 1. The molecule has 0 aliphatic carbocycles. The average molecular weight is 332 g/mol. The van der Waals surface area contributed by atoms with Crippen LogP contribution in [0.1, 0.15) is 40.5 Å². The fourth-order valence-corrected chi connectivity index (χ4v) is 1.85. The highest BCUT2D eigenvalue weighted by Gasteiger charge is 2.32. The van der Waals surface area contributed by atoms with E-state index in [4.69, 9.17) is 5.11 Å². The van der Waals surface area contributed by atoms with E-state index in [1.54, 1.807) is 0 Å². The second-order valence-electron chi connectivity index (χ2n) is 6.39. The van der Waals surface area contributed by atoms with Crippen molar-refractivity contribution < 1.29 is 29.7 Å². The Labute approximate surface area is 136 Å². The molecule has 0 aliphatic heterocycles. The minimum Gasteiger partial charge on any atom is -0.479 e. The van der Waals surface area contributed by atoms with Crippen molar-refractivity contribution in [3.8, 4) is 0 Å². The molecular weight excluding hydrogens is 304 g/mol. The van der Waals surface area contributed by atoms with E-state index in [0.717, 1.165) is 6.42 Å². The van der Waals surface area contributed by atoms with Crippen molar-refractivity contribution in [2.45, 2.75) is 58.8 Å². The Morgan fingerprint density at radius 3 is 1.91 bits per heavy atom. The quantitative estimate of drug-likeness (QED) is 0.365.